The molecule has 0 radical (unpaired) electrons. The standard InChI is InChI=1S/C23H23Cl2F3N2O3/c1-2-17-13-8-12(30(17)22(31)23(26,27)28)9-18(13)32-10-14-20(29-33-21(14)11-6-7-11)19-15(24)4-3-5-16(19)25/h3-5,11-13,17-18H,2,6-10H2,1H3. The number of ether oxygens (including phenoxy) is 1. The van der Waals surface area contributed by atoms with Crippen molar-refractivity contribution in [2.75, 3.05) is 0 Å². The van der Waals surface area contributed by atoms with Gasteiger partial charge in [-0.3, -0.25) is 4.79 Å². The van der Waals surface area contributed by atoms with E-state index in [0.717, 1.165) is 29.1 Å². The van der Waals surface area contributed by atoms with Crippen molar-refractivity contribution in [3.8, 4) is 11.3 Å². The van der Waals surface area contributed by atoms with E-state index in [2.05, 4.69) is 5.16 Å². The van der Waals surface area contributed by atoms with Crippen LogP contribution in [0.2, 0.25) is 10.0 Å². The van der Waals surface area contributed by atoms with Crippen molar-refractivity contribution in [2.45, 2.75) is 75.9 Å². The molecule has 4 atom stereocenters. The van der Waals surface area contributed by atoms with Crippen molar-refractivity contribution in [3.05, 3.63) is 39.6 Å². The van der Waals surface area contributed by atoms with Crippen LogP contribution in [0.15, 0.2) is 22.7 Å². The van der Waals surface area contributed by atoms with Gasteiger partial charge in [0.15, 0.2) is 0 Å². The fourth-order valence-corrected chi connectivity index (χ4v) is 6.08. The lowest BCUT2D eigenvalue weighted by Crippen LogP contribution is -2.53. The maximum absolute atomic E-state index is 13.1. The van der Waals surface area contributed by atoms with Crippen molar-refractivity contribution in [2.24, 2.45) is 5.92 Å². The number of hydrogen-bond donors (Lipinski definition) is 0. The van der Waals surface area contributed by atoms with Crippen molar-refractivity contribution in [3.63, 3.8) is 0 Å². The number of alkyl halides is 3. The fourth-order valence-electron chi connectivity index (χ4n) is 5.51. The van der Waals surface area contributed by atoms with Gasteiger partial charge in [-0.25, -0.2) is 0 Å². The minimum Gasteiger partial charge on any atom is -0.373 e. The van der Waals surface area contributed by atoms with Gasteiger partial charge in [0.25, 0.3) is 0 Å². The van der Waals surface area contributed by atoms with E-state index in [-0.39, 0.29) is 24.5 Å². The molecule has 2 saturated carbocycles. The average molecular weight is 503 g/mol. The first-order valence-electron chi connectivity index (χ1n) is 11.1. The molecule has 4 unspecified atom stereocenters. The van der Waals surface area contributed by atoms with Crippen molar-refractivity contribution >= 4 is 29.1 Å². The van der Waals surface area contributed by atoms with Crippen molar-refractivity contribution in [1.82, 2.24) is 10.1 Å². The van der Waals surface area contributed by atoms with Gasteiger partial charge in [0, 0.05) is 35.0 Å². The first-order valence-corrected chi connectivity index (χ1v) is 11.9. The molecule has 3 fully saturated rings. The Kier molecular flexibility index (Phi) is 5.90. The lowest BCUT2D eigenvalue weighted by molar-refractivity contribution is -0.191. The molecule has 5 nitrogen and oxygen atoms in total. The number of nitrogens with zero attached hydrogens (tertiary/aromatic N) is 2. The highest BCUT2D eigenvalue weighted by Crippen LogP contribution is 2.49. The smallest absolute Gasteiger partial charge is 0.373 e. The Morgan fingerprint density at radius 2 is 1.94 bits per heavy atom. The molecule has 5 rings (SSSR count). The lowest BCUT2D eigenvalue weighted by atomic mass is 9.93. The number of benzene rings is 1. The van der Waals surface area contributed by atoms with E-state index in [1.807, 2.05) is 6.92 Å². The molecule has 1 amide bonds. The summed E-state index contributed by atoms with van der Waals surface area (Å²) in [6.45, 7) is 2.01. The van der Waals surface area contributed by atoms with Crippen LogP contribution in [0, 0.1) is 5.92 Å². The first-order chi connectivity index (χ1) is 15.7. The topological polar surface area (TPSA) is 55.6 Å². The normalized spacial score (nSPS) is 26.9. The van der Waals surface area contributed by atoms with Gasteiger partial charge in [-0.2, -0.15) is 13.2 Å². The molecule has 3 aliphatic rings. The zero-order valence-electron chi connectivity index (χ0n) is 17.9. The number of rotatable bonds is 6. The Balaban J connectivity index is 1.37. The number of aromatic nitrogens is 1. The van der Waals surface area contributed by atoms with E-state index < -0.39 is 24.2 Å². The number of halogens is 5. The largest absolute Gasteiger partial charge is 0.471 e. The van der Waals surface area contributed by atoms with Crippen LogP contribution in [-0.2, 0) is 16.1 Å². The minimum absolute atomic E-state index is 0.136. The van der Waals surface area contributed by atoms with Gasteiger partial charge >= 0.3 is 12.1 Å². The number of piperidine rings is 1. The molecule has 2 bridgehead atoms. The highest BCUT2D eigenvalue weighted by molar-refractivity contribution is 6.39. The van der Waals surface area contributed by atoms with Gasteiger partial charge < -0.3 is 14.2 Å². The van der Waals surface area contributed by atoms with E-state index in [1.54, 1.807) is 18.2 Å². The Hall–Kier alpha value is -1.77. The molecule has 0 spiro atoms. The quantitative estimate of drug-likeness (QED) is 0.460. The van der Waals surface area contributed by atoms with Gasteiger partial charge in [-0.05, 0) is 44.2 Å². The van der Waals surface area contributed by atoms with E-state index in [9.17, 15) is 18.0 Å². The van der Waals surface area contributed by atoms with Crippen molar-refractivity contribution < 1.29 is 27.2 Å². The Morgan fingerprint density at radius 3 is 2.55 bits per heavy atom. The SMILES string of the molecule is CCC1C2CC(CC2OCc2c(-c3c(Cl)cccc3Cl)noc2C2CC2)N1C(=O)C(F)(F)F. The highest BCUT2D eigenvalue weighted by Gasteiger charge is 2.57. The van der Waals surface area contributed by atoms with Crippen LogP contribution in [0.1, 0.15) is 56.3 Å². The summed E-state index contributed by atoms with van der Waals surface area (Å²) in [5.74, 6) is -0.853. The maximum Gasteiger partial charge on any atom is 0.471 e. The number of carbonyl (C=O) groups excluding carboxylic acids is 1. The van der Waals surface area contributed by atoms with Gasteiger partial charge in [-0.15, -0.1) is 0 Å². The molecular formula is C23H23Cl2F3N2O3. The van der Waals surface area contributed by atoms with Crippen LogP contribution >= 0.6 is 23.2 Å². The summed E-state index contributed by atoms with van der Waals surface area (Å²) in [6.07, 6.45) is -1.75. The monoisotopic (exact) mass is 502 g/mol. The Bertz CT molecular complexity index is 1050. The van der Waals surface area contributed by atoms with Crippen LogP contribution < -0.4 is 0 Å². The van der Waals surface area contributed by atoms with Gasteiger partial charge in [0.2, 0.25) is 0 Å². The first kappa shape index (κ1) is 23.0. The average Bonchev–Trinajstić information content (AvgIpc) is 3.25. The summed E-state index contributed by atoms with van der Waals surface area (Å²) in [5.41, 5.74) is 1.90. The highest BCUT2D eigenvalue weighted by atomic mass is 35.5. The lowest BCUT2D eigenvalue weighted by Gasteiger charge is -2.38. The van der Waals surface area contributed by atoms with E-state index in [1.165, 1.54) is 0 Å². The van der Waals surface area contributed by atoms with E-state index >= 15 is 0 Å². The van der Waals surface area contributed by atoms with Crippen LogP contribution in [0.5, 0.6) is 0 Å². The number of hydrogen-bond acceptors (Lipinski definition) is 4. The molecule has 0 N–H and O–H groups in total. The Labute approximate surface area is 199 Å². The second-order valence-electron chi connectivity index (χ2n) is 9.07. The van der Waals surface area contributed by atoms with Gasteiger partial charge in [0.1, 0.15) is 11.5 Å². The number of amides is 1. The second kappa shape index (κ2) is 8.47. The summed E-state index contributed by atoms with van der Waals surface area (Å²) >= 11 is 12.8. The molecule has 10 heteroatoms. The van der Waals surface area contributed by atoms with Gasteiger partial charge in [0.05, 0.1) is 22.8 Å². The van der Waals surface area contributed by atoms with Gasteiger partial charge in [-0.1, -0.05) is 41.3 Å². The van der Waals surface area contributed by atoms with Crippen LogP contribution in [0.4, 0.5) is 13.2 Å². The van der Waals surface area contributed by atoms with Crippen LogP contribution in [0.25, 0.3) is 11.3 Å². The summed E-state index contributed by atoms with van der Waals surface area (Å²) in [6, 6.07) is 4.27. The second-order valence-corrected chi connectivity index (χ2v) is 9.88. The summed E-state index contributed by atoms with van der Waals surface area (Å²) < 4.78 is 51.3. The molecule has 178 valence electrons. The molecule has 2 aliphatic carbocycles. The fraction of sp³-hybridized carbons (Fsp3) is 0.565. The van der Waals surface area contributed by atoms with Crippen molar-refractivity contribution in [1.29, 1.82) is 0 Å². The molecule has 33 heavy (non-hydrogen) atoms. The zero-order valence-corrected chi connectivity index (χ0v) is 19.4. The summed E-state index contributed by atoms with van der Waals surface area (Å²) in [5, 5.41) is 5.16. The molecule has 1 aliphatic heterocycles. The molecule has 2 aromatic rings. The zero-order chi connectivity index (χ0) is 23.5. The number of carbonyl (C=O) groups is 1. The number of fused-ring (bicyclic) bond motifs is 2. The molecule has 1 aromatic heterocycles. The number of likely N-dealkylation sites (tertiary alicyclic amines) is 1. The molecule has 1 saturated heterocycles. The third kappa shape index (κ3) is 4.04. The molecule has 1 aromatic carbocycles. The molecular weight excluding hydrogens is 480 g/mol. The van der Waals surface area contributed by atoms with E-state index in [4.69, 9.17) is 32.5 Å². The van der Waals surface area contributed by atoms with E-state index in [0.29, 0.717) is 40.6 Å². The van der Waals surface area contributed by atoms with Crippen LogP contribution in [-0.4, -0.2) is 40.3 Å². The Morgan fingerprint density at radius 1 is 1.24 bits per heavy atom. The minimum atomic E-state index is -4.86. The third-order valence-electron chi connectivity index (χ3n) is 7.07. The third-order valence-corrected chi connectivity index (χ3v) is 7.70. The summed E-state index contributed by atoms with van der Waals surface area (Å²) in [7, 11) is 0. The predicted octanol–water partition coefficient (Wildman–Crippen LogP) is 6.37. The molecule has 2 heterocycles. The summed E-state index contributed by atoms with van der Waals surface area (Å²) in [4.78, 5) is 13.0. The maximum atomic E-state index is 13.1. The van der Waals surface area contributed by atoms with Crippen LogP contribution in [0.3, 0.4) is 0 Å². The predicted molar refractivity (Wildman–Crippen MR) is 116 cm³/mol.